The number of nitrogens with zero attached hydrogens (tertiary/aromatic N) is 1. The maximum absolute atomic E-state index is 12.3. The van der Waals surface area contributed by atoms with Crippen LogP contribution in [0.15, 0.2) is 0 Å². The first-order valence-corrected chi connectivity index (χ1v) is 7.15. The van der Waals surface area contributed by atoms with Crippen LogP contribution in [0.4, 0.5) is 4.79 Å². The minimum Gasteiger partial charge on any atom is -0.383 e. The van der Waals surface area contributed by atoms with Crippen LogP contribution >= 0.6 is 0 Å². The molecule has 2 saturated heterocycles. The van der Waals surface area contributed by atoms with E-state index in [0.717, 1.165) is 32.5 Å². The third-order valence-electron chi connectivity index (χ3n) is 3.71. The van der Waals surface area contributed by atoms with Crippen molar-refractivity contribution in [3.8, 4) is 0 Å². The van der Waals surface area contributed by atoms with Gasteiger partial charge in [0, 0.05) is 32.8 Å². The van der Waals surface area contributed by atoms with Crippen molar-refractivity contribution in [2.45, 2.75) is 31.3 Å². The molecule has 2 aliphatic heterocycles. The number of hydrogen-bond acceptors (Lipinski definition) is 4. The van der Waals surface area contributed by atoms with Gasteiger partial charge in [0.05, 0.1) is 19.3 Å². The topological polar surface area (TPSA) is 62.8 Å². The molecular formula is C13H25N3O3. The van der Waals surface area contributed by atoms with Crippen LogP contribution in [-0.2, 0) is 9.47 Å². The monoisotopic (exact) mass is 271 g/mol. The zero-order valence-electron chi connectivity index (χ0n) is 11.7. The number of carbonyl (C=O) groups excluding carboxylic acids is 1. The molecule has 0 spiro atoms. The minimum absolute atomic E-state index is 0.00116. The number of ether oxygens (including phenoxy) is 2. The molecule has 2 amide bonds. The molecule has 110 valence electrons. The number of carbonyl (C=O) groups is 1. The van der Waals surface area contributed by atoms with Gasteiger partial charge in [-0.1, -0.05) is 0 Å². The van der Waals surface area contributed by atoms with E-state index in [2.05, 4.69) is 10.6 Å². The molecule has 0 aromatic carbocycles. The summed E-state index contributed by atoms with van der Waals surface area (Å²) in [6, 6.07) is 0.581. The lowest BCUT2D eigenvalue weighted by Crippen LogP contribution is -2.50. The van der Waals surface area contributed by atoms with Crippen LogP contribution in [0.25, 0.3) is 0 Å². The number of hydrogen-bond donors (Lipinski definition) is 2. The van der Waals surface area contributed by atoms with E-state index in [9.17, 15) is 4.79 Å². The van der Waals surface area contributed by atoms with Crippen LogP contribution in [0, 0.1) is 0 Å². The largest absolute Gasteiger partial charge is 0.383 e. The number of amides is 2. The van der Waals surface area contributed by atoms with E-state index in [1.807, 2.05) is 4.90 Å². The van der Waals surface area contributed by atoms with Crippen molar-refractivity contribution in [2.75, 3.05) is 46.6 Å². The van der Waals surface area contributed by atoms with Crippen LogP contribution < -0.4 is 10.6 Å². The van der Waals surface area contributed by atoms with Crippen LogP contribution in [0.3, 0.4) is 0 Å². The molecule has 2 fully saturated rings. The molecule has 0 radical (unpaired) electrons. The quantitative estimate of drug-likeness (QED) is 0.724. The molecule has 0 bridgehead atoms. The molecule has 19 heavy (non-hydrogen) atoms. The Morgan fingerprint density at radius 1 is 1.53 bits per heavy atom. The summed E-state index contributed by atoms with van der Waals surface area (Å²) in [6.07, 6.45) is 3.25. The first kappa shape index (κ1) is 14.6. The van der Waals surface area contributed by atoms with E-state index in [-0.39, 0.29) is 12.1 Å². The second-order valence-corrected chi connectivity index (χ2v) is 5.24. The fourth-order valence-corrected chi connectivity index (χ4v) is 2.57. The standard InChI is InChI=1S/C13H25N3O3/c1-18-8-6-16(9-11-3-2-5-14-11)13(17)15-12-4-7-19-10-12/h11-12,14H,2-10H2,1H3,(H,15,17). The summed E-state index contributed by atoms with van der Waals surface area (Å²) in [6.45, 7) is 4.39. The van der Waals surface area contributed by atoms with Crippen molar-refractivity contribution in [1.82, 2.24) is 15.5 Å². The molecule has 0 aromatic rings. The van der Waals surface area contributed by atoms with E-state index in [1.165, 1.54) is 6.42 Å². The van der Waals surface area contributed by atoms with Crippen LogP contribution in [-0.4, -0.2) is 69.6 Å². The number of urea groups is 1. The van der Waals surface area contributed by atoms with Gasteiger partial charge in [0.15, 0.2) is 0 Å². The van der Waals surface area contributed by atoms with Gasteiger partial charge in [-0.05, 0) is 25.8 Å². The Hall–Kier alpha value is -0.850. The Morgan fingerprint density at radius 2 is 2.42 bits per heavy atom. The fraction of sp³-hybridized carbons (Fsp3) is 0.923. The summed E-state index contributed by atoms with van der Waals surface area (Å²) < 4.78 is 10.4. The highest BCUT2D eigenvalue weighted by Gasteiger charge is 2.24. The zero-order valence-corrected chi connectivity index (χ0v) is 11.7. The lowest BCUT2D eigenvalue weighted by molar-refractivity contribution is 0.141. The van der Waals surface area contributed by atoms with E-state index >= 15 is 0 Å². The molecule has 6 nitrogen and oxygen atoms in total. The Kier molecular flexibility index (Phi) is 5.88. The third kappa shape index (κ3) is 4.63. The Morgan fingerprint density at radius 3 is 3.05 bits per heavy atom. The Bertz CT molecular complexity index is 276. The summed E-state index contributed by atoms with van der Waals surface area (Å²) in [5, 5.41) is 6.47. The van der Waals surface area contributed by atoms with Crippen molar-refractivity contribution in [3.05, 3.63) is 0 Å². The van der Waals surface area contributed by atoms with Crippen LogP contribution in [0.1, 0.15) is 19.3 Å². The molecular weight excluding hydrogens is 246 g/mol. The molecule has 6 heteroatoms. The molecule has 2 aliphatic rings. The first-order valence-electron chi connectivity index (χ1n) is 7.15. The van der Waals surface area contributed by atoms with Gasteiger partial charge in [-0.2, -0.15) is 0 Å². The zero-order chi connectivity index (χ0) is 13.5. The van der Waals surface area contributed by atoms with Gasteiger partial charge >= 0.3 is 6.03 Å². The molecule has 2 heterocycles. The summed E-state index contributed by atoms with van der Waals surface area (Å²) in [5.74, 6) is 0. The Labute approximate surface area is 114 Å². The van der Waals surface area contributed by atoms with E-state index in [1.54, 1.807) is 7.11 Å². The van der Waals surface area contributed by atoms with Gasteiger partial charge < -0.3 is 25.0 Å². The molecule has 2 unspecified atom stereocenters. The van der Waals surface area contributed by atoms with Gasteiger partial charge in [0.1, 0.15) is 0 Å². The van der Waals surface area contributed by atoms with E-state index < -0.39 is 0 Å². The van der Waals surface area contributed by atoms with Gasteiger partial charge in [-0.25, -0.2) is 4.79 Å². The predicted octanol–water partition coefficient (Wildman–Crippen LogP) is 0.185. The van der Waals surface area contributed by atoms with Gasteiger partial charge in [-0.15, -0.1) is 0 Å². The van der Waals surface area contributed by atoms with Gasteiger partial charge in [0.25, 0.3) is 0 Å². The second-order valence-electron chi connectivity index (χ2n) is 5.24. The highest BCUT2D eigenvalue weighted by molar-refractivity contribution is 5.74. The van der Waals surface area contributed by atoms with Crippen LogP contribution in [0.2, 0.25) is 0 Å². The normalized spacial score (nSPS) is 26.6. The smallest absolute Gasteiger partial charge is 0.317 e. The lowest BCUT2D eigenvalue weighted by Gasteiger charge is -2.27. The second kappa shape index (κ2) is 7.67. The van der Waals surface area contributed by atoms with Crippen molar-refractivity contribution >= 4 is 6.03 Å². The van der Waals surface area contributed by atoms with Gasteiger partial charge in [0.2, 0.25) is 0 Å². The van der Waals surface area contributed by atoms with Crippen molar-refractivity contribution in [1.29, 1.82) is 0 Å². The highest BCUT2D eigenvalue weighted by atomic mass is 16.5. The van der Waals surface area contributed by atoms with Crippen molar-refractivity contribution in [3.63, 3.8) is 0 Å². The summed E-state index contributed by atoms with van der Waals surface area (Å²) >= 11 is 0. The molecule has 2 rings (SSSR count). The number of rotatable bonds is 6. The molecule has 2 N–H and O–H groups in total. The first-order chi connectivity index (χ1) is 9.29. The third-order valence-corrected chi connectivity index (χ3v) is 3.71. The molecule has 0 aromatic heterocycles. The minimum atomic E-state index is 0.00116. The SMILES string of the molecule is COCCN(CC1CCCN1)C(=O)NC1CCOC1. The molecule has 2 atom stereocenters. The predicted molar refractivity (Wildman–Crippen MR) is 72.2 cm³/mol. The molecule has 0 saturated carbocycles. The maximum Gasteiger partial charge on any atom is 0.317 e. The van der Waals surface area contributed by atoms with Crippen molar-refractivity contribution < 1.29 is 14.3 Å². The maximum atomic E-state index is 12.3. The van der Waals surface area contributed by atoms with E-state index in [0.29, 0.717) is 25.8 Å². The summed E-state index contributed by atoms with van der Waals surface area (Å²) in [4.78, 5) is 14.1. The lowest BCUT2D eigenvalue weighted by atomic mass is 10.2. The van der Waals surface area contributed by atoms with Gasteiger partial charge in [-0.3, -0.25) is 0 Å². The van der Waals surface area contributed by atoms with E-state index in [4.69, 9.17) is 9.47 Å². The number of nitrogens with one attached hydrogen (secondary N) is 2. The highest BCUT2D eigenvalue weighted by Crippen LogP contribution is 2.09. The fourth-order valence-electron chi connectivity index (χ4n) is 2.57. The summed E-state index contributed by atoms with van der Waals surface area (Å²) in [5.41, 5.74) is 0. The number of methoxy groups -OCH3 is 1. The average molecular weight is 271 g/mol. The molecule has 0 aliphatic carbocycles. The van der Waals surface area contributed by atoms with Crippen molar-refractivity contribution in [2.24, 2.45) is 0 Å². The summed E-state index contributed by atoms with van der Waals surface area (Å²) in [7, 11) is 1.66. The average Bonchev–Trinajstić information content (AvgIpc) is 3.07. The Balaban J connectivity index is 1.81. The van der Waals surface area contributed by atoms with Crippen LogP contribution in [0.5, 0.6) is 0 Å².